The average molecular weight is 306 g/mol. The summed E-state index contributed by atoms with van der Waals surface area (Å²) in [6.45, 7) is 1.59. The minimum absolute atomic E-state index is 0.215. The van der Waals surface area contributed by atoms with Gasteiger partial charge in [-0.2, -0.15) is 0 Å². The van der Waals surface area contributed by atoms with Gasteiger partial charge < -0.3 is 20.7 Å². The van der Waals surface area contributed by atoms with Gasteiger partial charge in [-0.15, -0.1) is 11.8 Å². The van der Waals surface area contributed by atoms with Crippen LogP contribution >= 0.6 is 23.4 Å². The van der Waals surface area contributed by atoms with E-state index in [1.54, 1.807) is 6.92 Å². The van der Waals surface area contributed by atoms with Crippen molar-refractivity contribution in [3.8, 4) is 0 Å². The van der Waals surface area contributed by atoms with E-state index in [0.29, 0.717) is 15.6 Å². The molecule has 0 aliphatic heterocycles. The Balaban J connectivity index is 3.02. The van der Waals surface area contributed by atoms with Gasteiger partial charge in [-0.25, -0.2) is 4.79 Å². The highest BCUT2D eigenvalue weighted by Crippen LogP contribution is 2.33. The van der Waals surface area contributed by atoms with Gasteiger partial charge in [0, 0.05) is 16.3 Å². The summed E-state index contributed by atoms with van der Waals surface area (Å²) in [5.41, 5.74) is 6.28. The molecule has 1 unspecified atom stereocenters. The van der Waals surface area contributed by atoms with E-state index in [9.17, 15) is 9.90 Å². The molecule has 5 nitrogen and oxygen atoms in total. The molecule has 0 amide bonds. The number of thioether (sulfide) groups is 1. The lowest BCUT2D eigenvalue weighted by molar-refractivity contribution is 0.0522. The first-order valence-corrected chi connectivity index (χ1v) is 7.03. The summed E-state index contributed by atoms with van der Waals surface area (Å²) in [7, 11) is 0. The smallest absolute Gasteiger partial charge is 0.339 e. The van der Waals surface area contributed by atoms with E-state index >= 15 is 0 Å². The number of hydrogen-bond donors (Lipinski definition) is 3. The average Bonchev–Trinajstić information content (AvgIpc) is 2.36. The van der Waals surface area contributed by atoms with Gasteiger partial charge in [0.05, 0.1) is 29.9 Å². The Hall–Kier alpha value is -0.950. The maximum atomic E-state index is 11.8. The predicted molar refractivity (Wildman–Crippen MR) is 75.6 cm³/mol. The predicted octanol–water partition coefficient (Wildman–Crippen LogP) is 1.54. The third-order valence-electron chi connectivity index (χ3n) is 2.19. The highest BCUT2D eigenvalue weighted by molar-refractivity contribution is 7.99. The summed E-state index contributed by atoms with van der Waals surface area (Å²) in [5.74, 6) is -0.301. The van der Waals surface area contributed by atoms with Gasteiger partial charge in [-0.1, -0.05) is 11.6 Å². The first kappa shape index (κ1) is 16.1. The monoisotopic (exact) mass is 305 g/mol. The molecule has 0 fully saturated rings. The lowest BCUT2D eigenvalue weighted by Crippen LogP contribution is -2.15. The Morgan fingerprint density at radius 2 is 2.26 bits per heavy atom. The number of aliphatic hydroxyl groups excluding tert-OH is 2. The van der Waals surface area contributed by atoms with Crippen molar-refractivity contribution in [3.63, 3.8) is 0 Å². The van der Waals surface area contributed by atoms with Crippen molar-refractivity contribution in [2.45, 2.75) is 17.9 Å². The van der Waals surface area contributed by atoms with Crippen LogP contribution in [0.15, 0.2) is 17.0 Å². The van der Waals surface area contributed by atoms with E-state index < -0.39 is 12.1 Å². The number of nitrogen functional groups attached to an aromatic ring is 1. The van der Waals surface area contributed by atoms with Gasteiger partial charge in [-0.3, -0.25) is 0 Å². The molecule has 0 aliphatic rings. The number of esters is 1. The SMILES string of the molecule is CCOC(=O)c1cc(N)cc(Cl)c1SCC(O)CO. The number of halogens is 1. The number of benzene rings is 1. The molecule has 0 spiro atoms. The number of rotatable bonds is 6. The van der Waals surface area contributed by atoms with Crippen molar-refractivity contribution in [1.82, 2.24) is 0 Å². The number of anilines is 1. The fourth-order valence-electron chi connectivity index (χ4n) is 1.35. The molecule has 0 saturated heterocycles. The fraction of sp³-hybridized carbons (Fsp3) is 0.417. The summed E-state index contributed by atoms with van der Waals surface area (Å²) >= 11 is 7.22. The topological polar surface area (TPSA) is 92.8 Å². The van der Waals surface area contributed by atoms with Crippen molar-refractivity contribution in [3.05, 3.63) is 22.7 Å². The lowest BCUT2D eigenvalue weighted by Gasteiger charge is -2.13. The molecule has 106 valence electrons. The lowest BCUT2D eigenvalue weighted by atomic mass is 10.2. The van der Waals surface area contributed by atoms with Crippen molar-refractivity contribution in [1.29, 1.82) is 0 Å². The van der Waals surface area contributed by atoms with Gasteiger partial charge >= 0.3 is 5.97 Å². The van der Waals surface area contributed by atoms with Crippen LogP contribution in [0.5, 0.6) is 0 Å². The number of aliphatic hydroxyl groups is 2. The molecule has 1 aromatic rings. The molecule has 0 aromatic heterocycles. The van der Waals surface area contributed by atoms with E-state index in [1.165, 1.54) is 23.9 Å². The zero-order chi connectivity index (χ0) is 14.4. The molecule has 1 atom stereocenters. The van der Waals surface area contributed by atoms with Crippen molar-refractivity contribution in [2.24, 2.45) is 0 Å². The third-order valence-corrected chi connectivity index (χ3v) is 3.88. The maximum absolute atomic E-state index is 11.8. The van der Waals surface area contributed by atoms with Crippen LogP contribution in [0, 0.1) is 0 Å². The van der Waals surface area contributed by atoms with Gasteiger partial charge in [0.15, 0.2) is 0 Å². The molecule has 19 heavy (non-hydrogen) atoms. The number of ether oxygens (including phenoxy) is 1. The molecule has 0 saturated carbocycles. The molecule has 1 rings (SSSR count). The van der Waals surface area contributed by atoms with E-state index in [2.05, 4.69) is 0 Å². The van der Waals surface area contributed by atoms with Gasteiger partial charge in [-0.05, 0) is 19.1 Å². The van der Waals surface area contributed by atoms with E-state index in [0.717, 1.165) is 0 Å². The zero-order valence-electron chi connectivity index (χ0n) is 10.4. The highest BCUT2D eigenvalue weighted by Gasteiger charge is 2.18. The summed E-state index contributed by atoms with van der Waals surface area (Å²) in [6, 6.07) is 3.01. The zero-order valence-corrected chi connectivity index (χ0v) is 12.0. The minimum Gasteiger partial charge on any atom is -0.462 e. The molecule has 4 N–H and O–H groups in total. The normalized spacial score (nSPS) is 12.2. The van der Waals surface area contributed by atoms with Crippen LogP contribution in [-0.4, -0.2) is 41.3 Å². The van der Waals surface area contributed by atoms with Crippen LogP contribution in [0.3, 0.4) is 0 Å². The molecule has 0 radical (unpaired) electrons. The highest BCUT2D eigenvalue weighted by atomic mass is 35.5. The second kappa shape index (κ2) is 7.59. The summed E-state index contributed by atoms with van der Waals surface area (Å²) in [4.78, 5) is 12.3. The van der Waals surface area contributed by atoms with Crippen LogP contribution in [0.1, 0.15) is 17.3 Å². The van der Waals surface area contributed by atoms with Crippen LogP contribution < -0.4 is 5.73 Å². The molecule has 1 aromatic carbocycles. The van der Waals surface area contributed by atoms with Gasteiger partial charge in [0.1, 0.15) is 0 Å². The number of hydrogen-bond acceptors (Lipinski definition) is 6. The van der Waals surface area contributed by atoms with Crippen LogP contribution in [0.2, 0.25) is 5.02 Å². The maximum Gasteiger partial charge on any atom is 0.339 e. The van der Waals surface area contributed by atoms with Crippen molar-refractivity contribution < 1.29 is 19.7 Å². The molecule has 0 aliphatic carbocycles. The molecular formula is C12H16ClNO4S. The van der Waals surface area contributed by atoms with E-state index in [4.69, 9.17) is 27.2 Å². The molecular weight excluding hydrogens is 290 g/mol. The van der Waals surface area contributed by atoms with Gasteiger partial charge in [0.2, 0.25) is 0 Å². The Morgan fingerprint density at radius 1 is 1.58 bits per heavy atom. The largest absolute Gasteiger partial charge is 0.462 e. The molecule has 7 heteroatoms. The van der Waals surface area contributed by atoms with Crippen molar-refractivity contribution in [2.75, 3.05) is 24.7 Å². The minimum atomic E-state index is -0.881. The summed E-state index contributed by atoms with van der Waals surface area (Å²) in [5, 5.41) is 18.4. The first-order chi connectivity index (χ1) is 8.99. The summed E-state index contributed by atoms with van der Waals surface area (Å²) < 4.78 is 4.93. The Morgan fingerprint density at radius 3 is 2.84 bits per heavy atom. The third kappa shape index (κ3) is 4.58. The Kier molecular flexibility index (Phi) is 6.44. The second-order valence-electron chi connectivity index (χ2n) is 3.75. The molecule has 0 bridgehead atoms. The van der Waals surface area contributed by atoms with Crippen LogP contribution in [0.4, 0.5) is 5.69 Å². The van der Waals surface area contributed by atoms with Crippen LogP contribution in [0.25, 0.3) is 0 Å². The molecule has 0 heterocycles. The quantitative estimate of drug-likeness (QED) is 0.419. The van der Waals surface area contributed by atoms with Gasteiger partial charge in [0.25, 0.3) is 0 Å². The summed E-state index contributed by atoms with van der Waals surface area (Å²) in [6.07, 6.45) is -0.881. The van der Waals surface area contributed by atoms with Crippen LogP contribution in [-0.2, 0) is 4.74 Å². The second-order valence-corrected chi connectivity index (χ2v) is 5.18. The van der Waals surface area contributed by atoms with Crippen molar-refractivity contribution >= 4 is 35.0 Å². The van der Waals surface area contributed by atoms with E-state index in [1.807, 2.05) is 0 Å². The number of carbonyl (C=O) groups is 1. The first-order valence-electron chi connectivity index (χ1n) is 5.67. The van der Waals surface area contributed by atoms with E-state index in [-0.39, 0.29) is 24.5 Å². The number of nitrogens with two attached hydrogens (primary N) is 1. The fourth-order valence-corrected chi connectivity index (χ4v) is 2.70. The Labute approximate surface area is 120 Å². The number of carbonyl (C=O) groups excluding carboxylic acids is 1. The Bertz CT molecular complexity index is 456. The standard InChI is InChI=1S/C12H16ClNO4S/c1-2-18-12(17)9-3-7(14)4-10(13)11(9)19-6-8(16)5-15/h3-4,8,15-16H,2,5-6,14H2,1H3.